The molecule has 4 amide bonds. The van der Waals surface area contributed by atoms with Crippen LogP contribution in [0.3, 0.4) is 0 Å². The SMILES string of the molecule is CC(C)(C)OC(=O)N[C@@H]1C[C@H]2C(=O)N([C@H](CCC(=O)NO)C(=O)NCc3ccc(Cl)c(Cl)c3)CCC(COc3cccc(F)c3)N2C1. The van der Waals surface area contributed by atoms with Crippen LogP contribution < -0.4 is 20.9 Å². The van der Waals surface area contributed by atoms with Gasteiger partial charge in [-0.1, -0.05) is 35.3 Å². The second kappa shape index (κ2) is 16.0. The number of nitrogens with zero attached hydrogens (tertiary/aromatic N) is 2. The fraction of sp³-hybridized carbons (Fsp3) is 0.500. The Kier molecular flexibility index (Phi) is 12.3. The molecular weight excluding hydrogens is 656 g/mol. The van der Waals surface area contributed by atoms with E-state index in [9.17, 15) is 23.6 Å². The number of nitrogens with one attached hydrogen (secondary N) is 3. The van der Waals surface area contributed by atoms with Crippen LogP contribution in [-0.2, 0) is 25.7 Å². The monoisotopic (exact) mass is 695 g/mol. The molecule has 0 bridgehead atoms. The van der Waals surface area contributed by atoms with E-state index in [0.29, 0.717) is 34.3 Å². The Morgan fingerprint density at radius 3 is 2.57 bits per heavy atom. The van der Waals surface area contributed by atoms with E-state index in [1.807, 2.05) is 4.90 Å². The number of amides is 4. The highest BCUT2D eigenvalue weighted by molar-refractivity contribution is 6.42. The molecule has 4 rings (SSSR count). The number of fused-ring (bicyclic) bond motifs is 1. The molecule has 4 atom stereocenters. The molecule has 0 spiro atoms. The first-order chi connectivity index (χ1) is 22.2. The summed E-state index contributed by atoms with van der Waals surface area (Å²) in [4.78, 5) is 56.0. The lowest BCUT2D eigenvalue weighted by atomic mass is 10.0. The summed E-state index contributed by atoms with van der Waals surface area (Å²) in [6.07, 6.45) is -0.304. The van der Waals surface area contributed by atoms with Crippen molar-refractivity contribution in [3.05, 3.63) is 63.9 Å². The van der Waals surface area contributed by atoms with Crippen molar-refractivity contribution < 1.29 is 38.2 Å². The van der Waals surface area contributed by atoms with E-state index < -0.39 is 47.5 Å². The van der Waals surface area contributed by atoms with Gasteiger partial charge >= 0.3 is 6.09 Å². The average molecular weight is 697 g/mol. The van der Waals surface area contributed by atoms with E-state index in [4.69, 9.17) is 37.9 Å². The van der Waals surface area contributed by atoms with E-state index in [2.05, 4.69) is 10.6 Å². The van der Waals surface area contributed by atoms with Gasteiger partial charge in [0.2, 0.25) is 17.7 Å². The van der Waals surface area contributed by atoms with Crippen molar-refractivity contribution in [1.29, 1.82) is 0 Å². The molecule has 0 radical (unpaired) electrons. The summed E-state index contributed by atoms with van der Waals surface area (Å²) in [6, 6.07) is 8.07. The molecule has 0 saturated carbocycles. The van der Waals surface area contributed by atoms with Gasteiger partial charge in [-0.25, -0.2) is 14.7 Å². The van der Waals surface area contributed by atoms with Gasteiger partial charge in [0.25, 0.3) is 0 Å². The first-order valence-corrected chi connectivity index (χ1v) is 16.1. The highest BCUT2D eigenvalue weighted by Crippen LogP contribution is 2.30. The zero-order valence-electron chi connectivity index (χ0n) is 26.4. The van der Waals surface area contributed by atoms with Crippen LogP contribution in [0.2, 0.25) is 10.0 Å². The van der Waals surface area contributed by atoms with Crippen LogP contribution in [0.1, 0.15) is 52.0 Å². The predicted molar refractivity (Wildman–Crippen MR) is 172 cm³/mol. The molecule has 12 nitrogen and oxygen atoms in total. The van der Waals surface area contributed by atoms with Crippen molar-refractivity contribution in [2.24, 2.45) is 0 Å². The third-order valence-corrected chi connectivity index (χ3v) is 8.68. The van der Waals surface area contributed by atoms with E-state index in [0.717, 1.165) is 0 Å². The van der Waals surface area contributed by atoms with Gasteiger partial charge < -0.3 is 25.0 Å². The lowest BCUT2D eigenvalue weighted by Gasteiger charge is -2.32. The van der Waals surface area contributed by atoms with Crippen LogP contribution in [0.5, 0.6) is 5.75 Å². The Balaban J connectivity index is 1.57. The van der Waals surface area contributed by atoms with E-state index >= 15 is 0 Å². The summed E-state index contributed by atoms with van der Waals surface area (Å²) >= 11 is 12.1. The number of carbonyl (C=O) groups excluding carboxylic acids is 4. The normalized spacial score (nSPS) is 20.5. The van der Waals surface area contributed by atoms with Crippen molar-refractivity contribution >= 4 is 47.0 Å². The molecule has 15 heteroatoms. The molecule has 2 fully saturated rings. The minimum atomic E-state index is -1.06. The van der Waals surface area contributed by atoms with Crippen molar-refractivity contribution in [3.63, 3.8) is 0 Å². The Bertz CT molecular complexity index is 1460. The Labute approximate surface area is 282 Å². The molecule has 256 valence electrons. The van der Waals surface area contributed by atoms with Crippen LogP contribution >= 0.6 is 23.2 Å². The first-order valence-electron chi connectivity index (χ1n) is 15.3. The lowest BCUT2D eigenvalue weighted by Crippen LogP contribution is -2.53. The molecular formula is C32H40Cl2FN5O7. The van der Waals surface area contributed by atoms with Crippen molar-refractivity contribution in [2.45, 2.75) is 82.8 Å². The van der Waals surface area contributed by atoms with Gasteiger partial charge in [-0.3, -0.25) is 24.5 Å². The quantitative estimate of drug-likeness (QED) is 0.203. The highest BCUT2D eigenvalue weighted by Gasteiger charge is 2.47. The van der Waals surface area contributed by atoms with Crippen LogP contribution in [0.4, 0.5) is 9.18 Å². The summed E-state index contributed by atoms with van der Waals surface area (Å²) in [7, 11) is 0. The van der Waals surface area contributed by atoms with Gasteiger partial charge in [-0.2, -0.15) is 0 Å². The summed E-state index contributed by atoms with van der Waals surface area (Å²) in [5.41, 5.74) is 1.52. The number of alkyl carbamates (subject to hydrolysis) is 1. The molecule has 2 saturated heterocycles. The summed E-state index contributed by atoms with van der Waals surface area (Å²) < 4.78 is 25.2. The van der Waals surface area contributed by atoms with E-state index in [-0.39, 0.29) is 50.9 Å². The number of benzene rings is 2. The molecule has 2 aliphatic rings. The zero-order chi connectivity index (χ0) is 34.3. The summed E-state index contributed by atoms with van der Waals surface area (Å²) in [5.74, 6) is -1.69. The Hall–Kier alpha value is -3.65. The molecule has 2 aromatic carbocycles. The van der Waals surface area contributed by atoms with Gasteiger partial charge in [0, 0.05) is 44.2 Å². The van der Waals surface area contributed by atoms with Gasteiger partial charge in [-0.05, 0) is 69.9 Å². The van der Waals surface area contributed by atoms with Gasteiger partial charge in [0.15, 0.2) is 0 Å². The standard InChI is InChI=1S/C32H40Cl2FN5O7/c1-32(2,3)47-31(44)37-21-15-27-30(43)39(12-11-22(40(27)17-21)18-46-23-6-4-5-20(35)14-23)26(9-10-28(41)38-45)29(42)36-16-19-7-8-24(33)25(34)13-19/h4-8,13-14,21-22,26-27,45H,9-12,15-18H2,1-3H3,(H,36,42)(H,37,44)(H,38,41)/t21-,22?,26-,27+/m1/s1. The van der Waals surface area contributed by atoms with E-state index in [1.165, 1.54) is 23.1 Å². The average Bonchev–Trinajstić information content (AvgIpc) is 3.37. The highest BCUT2D eigenvalue weighted by atomic mass is 35.5. The number of hydrogen-bond donors (Lipinski definition) is 4. The molecule has 1 unspecified atom stereocenters. The van der Waals surface area contributed by atoms with Gasteiger partial charge in [-0.15, -0.1) is 0 Å². The molecule has 4 N–H and O–H groups in total. The second-order valence-electron chi connectivity index (χ2n) is 12.6. The zero-order valence-corrected chi connectivity index (χ0v) is 27.9. The van der Waals surface area contributed by atoms with Crippen molar-refractivity contribution in [3.8, 4) is 5.75 Å². The summed E-state index contributed by atoms with van der Waals surface area (Å²) in [6.45, 7) is 5.91. The largest absolute Gasteiger partial charge is 0.492 e. The molecule has 0 aliphatic carbocycles. The third kappa shape index (κ3) is 10.2. The maximum absolute atomic E-state index is 14.3. The number of hydrogen-bond acceptors (Lipinski definition) is 8. The fourth-order valence-electron chi connectivity index (χ4n) is 5.79. The lowest BCUT2D eigenvalue weighted by molar-refractivity contribution is -0.143. The second-order valence-corrected chi connectivity index (χ2v) is 13.4. The maximum Gasteiger partial charge on any atom is 0.407 e. The minimum absolute atomic E-state index is 0.0674. The van der Waals surface area contributed by atoms with Crippen LogP contribution in [0.25, 0.3) is 0 Å². The predicted octanol–water partition coefficient (Wildman–Crippen LogP) is 4.05. The minimum Gasteiger partial charge on any atom is -0.492 e. The van der Waals surface area contributed by atoms with Gasteiger partial charge in [0.05, 0.1) is 16.1 Å². The first kappa shape index (κ1) is 36.2. The number of hydroxylamine groups is 1. The van der Waals surface area contributed by atoms with Crippen LogP contribution in [0.15, 0.2) is 42.5 Å². The molecule has 2 heterocycles. The molecule has 2 aromatic rings. The summed E-state index contributed by atoms with van der Waals surface area (Å²) in [5, 5.41) is 15.5. The molecule has 2 aliphatic heterocycles. The number of rotatable bonds is 11. The van der Waals surface area contributed by atoms with Crippen molar-refractivity contribution in [1.82, 2.24) is 25.9 Å². The smallest absolute Gasteiger partial charge is 0.407 e. The Morgan fingerprint density at radius 2 is 1.89 bits per heavy atom. The maximum atomic E-state index is 14.3. The van der Waals surface area contributed by atoms with Crippen LogP contribution in [-0.4, -0.2) is 88.3 Å². The fourth-order valence-corrected chi connectivity index (χ4v) is 6.11. The topological polar surface area (TPSA) is 150 Å². The third-order valence-electron chi connectivity index (χ3n) is 7.94. The molecule has 0 aromatic heterocycles. The number of carbonyl (C=O) groups is 4. The van der Waals surface area contributed by atoms with Crippen LogP contribution in [0, 0.1) is 5.82 Å². The molecule has 47 heavy (non-hydrogen) atoms. The van der Waals surface area contributed by atoms with Crippen molar-refractivity contribution in [2.75, 3.05) is 19.7 Å². The number of ether oxygens (including phenoxy) is 2. The Morgan fingerprint density at radius 1 is 1.13 bits per heavy atom. The number of halogens is 3. The van der Waals surface area contributed by atoms with Gasteiger partial charge in [0.1, 0.15) is 29.8 Å². The van der Waals surface area contributed by atoms with E-state index in [1.54, 1.807) is 50.5 Å².